The molecule has 0 bridgehead atoms. The fourth-order valence-electron chi connectivity index (χ4n) is 0.448. The van der Waals surface area contributed by atoms with Crippen LogP contribution in [-0.2, 0) is 9.59 Å². The molecule has 11 heavy (non-hydrogen) atoms. The van der Waals surface area contributed by atoms with E-state index in [1.54, 1.807) is 13.8 Å². The average Bonchev–Trinajstić information content (AvgIpc) is 1.87. The molecule has 58 valence electrons. The van der Waals surface area contributed by atoms with Gasteiger partial charge >= 0.3 is 0 Å². The van der Waals surface area contributed by atoms with E-state index in [2.05, 4.69) is 13.2 Å². The van der Waals surface area contributed by atoms with E-state index in [-0.39, 0.29) is 18.6 Å². The van der Waals surface area contributed by atoms with Gasteiger partial charge in [-0.2, -0.15) is 0 Å². The first-order valence-corrected chi connectivity index (χ1v) is 3.32. The maximum Gasteiger partial charge on any atom is 0.297 e. The maximum absolute atomic E-state index is 10.9. The van der Waals surface area contributed by atoms with Crippen molar-refractivity contribution in [2.24, 2.45) is 0 Å². The average molecular weight is 150 g/mol. The molecule has 0 spiro atoms. The zero-order valence-electron chi connectivity index (χ0n) is 6.94. The van der Waals surface area contributed by atoms with Crippen LogP contribution in [0.5, 0.6) is 0 Å². The first kappa shape index (κ1) is 9.88. The minimum Gasteiger partial charge on any atom is -0.306 e. The van der Waals surface area contributed by atoms with Crippen molar-refractivity contribution in [2.45, 2.75) is 13.8 Å². The highest BCUT2D eigenvalue weighted by Gasteiger charge is 2.12. The largest absolute Gasteiger partial charge is 0.306 e. The quantitative estimate of drug-likeness (QED) is 0.435. The van der Waals surface area contributed by atoms with Crippen LogP contribution in [-0.4, -0.2) is 18.6 Å². The van der Waals surface area contributed by atoms with E-state index in [9.17, 15) is 9.59 Å². The zero-order chi connectivity index (χ0) is 9.02. The second-order valence-electron chi connectivity index (χ2n) is 2.58. The van der Waals surface area contributed by atoms with Crippen LogP contribution in [0.25, 0.3) is 0 Å². The predicted molar refractivity (Wildman–Crippen MR) is 46.8 cm³/mol. The SMILES string of the molecule is C=C(C)C(=O)BC(=O)C(=C)C. The highest BCUT2D eigenvalue weighted by atomic mass is 16.1. The molecular weight excluding hydrogens is 139 g/mol. The molecule has 0 radical (unpaired) electrons. The van der Waals surface area contributed by atoms with Gasteiger partial charge in [-0.1, -0.05) is 13.2 Å². The van der Waals surface area contributed by atoms with E-state index in [0.29, 0.717) is 11.1 Å². The summed E-state index contributed by atoms with van der Waals surface area (Å²) in [5.74, 6) is 0. The predicted octanol–water partition coefficient (Wildman–Crippen LogP) is 0.628. The summed E-state index contributed by atoms with van der Waals surface area (Å²) < 4.78 is 0. The molecule has 0 aromatic carbocycles. The second kappa shape index (κ2) is 3.91. The van der Waals surface area contributed by atoms with Gasteiger partial charge in [-0.05, 0) is 25.0 Å². The maximum atomic E-state index is 10.9. The lowest BCUT2D eigenvalue weighted by Crippen LogP contribution is -2.20. The number of allylic oxidation sites excluding steroid dienone is 2. The topological polar surface area (TPSA) is 34.1 Å². The lowest BCUT2D eigenvalue weighted by molar-refractivity contribution is -0.111. The zero-order valence-corrected chi connectivity index (χ0v) is 6.94. The lowest BCUT2D eigenvalue weighted by Gasteiger charge is -1.95. The summed E-state index contributed by atoms with van der Waals surface area (Å²) in [7, 11) is -0.0926. The Hall–Kier alpha value is -1.12. The Labute approximate surface area is 67.2 Å². The van der Waals surface area contributed by atoms with Gasteiger partial charge in [0, 0.05) is 0 Å². The van der Waals surface area contributed by atoms with Crippen molar-refractivity contribution < 1.29 is 9.59 Å². The van der Waals surface area contributed by atoms with Crippen LogP contribution in [0.3, 0.4) is 0 Å². The fourth-order valence-corrected chi connectivity index (χ4v) is 0.448. The highest BCUT2D eigenvalue weighted by Crippen LogP contribution is 1.93. The minimum absolute atomic E-state index is 0.0926. The van der Waals surface area contributed by atoms with E-state index in [1.165, 1.54) is 0 Å². The summed E-state index contributed by atoms with van der Waals surface area (Å²) in [5.41, 5.74) is 0.412. The number of rotatable bonds is 4. The van der Waals surface area contributed by atoms with Gasteiger partial charge in [-0.3, -0.25) is 0 Å². The Kier molecular flexibility index (Phi) is 3.51. The van der Waals surface area contributed by atoms with Gasteiger partial charge in [-0.15, -0.1) is 0 Å². The van der Waals surface area contributed by atoms with Crippen LogP contribution in [0, 0.1) is 0 Å². The smallest absolute Gasteiger partial charge is 0.297 e. The molecule has 0 aliphatic carbocycles. The number of carbonyl (C=O) groups is 2. The van der Waals surface area contributed by atoms with Crippen LogP contribution in [0.2, 0.25) is 0 Å². The van der Waals surface area contributed by atoms with Gasteiger partial charge in [0.15, 0.2) is 0 Å². The van der Waals surface area contributed by atoms with Crippen LogP contribution in [0.4, 0.5) is 0 Å². The van der Waals surface area contributed by atoms with Crippen molar-refractivity contribution in [1.82, 2.24) is 0 Å². The van der Waals surface area contributed by atoms with Gasteiger partial charge in [0.2, 0.25) is 0 Å². The molecule has 0 aliphatic heterocycles. The summed E-state index contributed by atoms with van der Waals surface area (Å²) in [6.45, 7) is 10.1. The molecule has 0 atom stereocenters. The molecule has 0 aromatic heterocycles. The third-order valence-corrected chi connectivity index (χ3v) is 1.27. The van der Waals surface area contributed by atoms with E-state index < -0.39 is 0 Å². The normalized spacial score (nSPS) is 8.55. The minimum atomic E-state index is -0.210. The molecule has 0 N–H and O–H groups in total. The Morgan fingerprint density at radius 2 is 1.27 bits per heavy atom. The molecule has 0 unspecified atom stereocenters. The van der Waals surface area contributed by atoms with Crippen molar-refractivity contribution in [2.75, 3.05) is 0 Å². The van der Waals surface area contributed by atoms with E-state index in [0.717, 1.165) is 0 Å². The first-order chi connectivity index (χ1) is 4.95. The van der Waals surface area contributed by atoms with Crippen molar-refractivity contribution in [3.8, 4) is 0 Å². The summed E-state index contributed by atoms with van der Waals surface area (Å²) in [6.07, 6.45) is 0. The highest BCUT2D eigenvalue weighted by molar-refractivity contribution is 7.00. The third-order valence-electron chi connectivity index (χ3n) is 1.27. The van der Waals surface area contributed by atoms with Gasteiger partial charge in [0.05, 0.1) is 0 Å². The summed E-state index contributed by atoms with van der Waals surface area (Å²) in [4.78, 5) is 21.8. The second-order valence-corrected chi connectivity index (χ2v) is 2.58. The number of hydrogen-bond donors (Lipinski definition) is 0. The van der Waals surface area contributed by atoms with E-state index in [4.69, 9.17) is 0 Å². The molecule has 0 aliphatic rings. The van der Waals surface area contributed by atoms with Crippen molar-refractivity contribution in [1.29, 1.82) is 0 Å². The molecule has 0 heterocycles. The van der Waals surface area contributed by atoms with Gasteiger partial charge in [-0.25, -0.2) is 0 Å². The first-order valence-electron chi connectivity index (χ1n) is 3.32. The van der Waals surface area contributed by atoms with Gasteiger partial charge in [0.25, 0.3) is 7.28 Å². The fraction of sp³-hybridized carbons (Fsp3) is 0.250. The Morgan fingerprint density at radius 3 is 1.45 bits per heavy atom. The van der Waals surface area contributed by atoms with Gasteiger partial charge in [0.1, 0.15) is 11.4 Å². The van der Waals surface area contributed by atoms with Crippen LogP contribution < -0.4 is 0 Å². The molecule has 2 nitrogen and oxygen atoms in total. The Morgan fingerprint density at radius 1 is 1.00 bits per heavy atom. The molecule has 0 aromatic rings. The van der Waals surface area contributed by atoms with Crippen LogP contribution in [0.1, 0.15) is 13.8 Å². The Balaban J connectivity index is 4.07. The standard InChI is InChI=1S/C8H11BO2/c1-5(2)7(10)9-8(11)6(3)4/h9H,1,3H2,2,4H3. The Bertz CT molecular complexity index is 204. The lowest BCUT2D eigenvalue weighted by atomic mass is 9.64. The van der Waals surface area contributed by atoms with Crippen molar-refractivity contribution >= 4 is 18.6 Å². The molecule has 3 heteroatoms. The van der Waals surface area contributed by atoms with E-state index in [1.807, 2.05) is 0 Å². The van der Waals surface area contributed by atoms with Crippen LogP contribution in [0.15, 0.2) is 24.3 Å². The molecular formula is C8H11BO2. The number of hydrogen-bond acceptors (Lipinski definition) is 2. The molecule has 0 saturated heterocycles. The van der Waals surface area contributed by atoms with Crippen LogP contribution >= 0.6 is 0 Å². The monoisotopic (exact) mass is 150 g/mol. The molecule has 0 fully saturated rings. The third kappa shape index (κ3) is 3.55. The molecule has 0 amide bonds. The van der Waals surface area contributed by atoms with Crippen molar-refractivity contribution in [3.63, 3.8) is 0 Å². The van der Waals surface area contributed by atoms with Crippen molar-refractivity contribution in [3.05, 3.63) is 24.3 Å². The van der Waals surface area contributed by atoms with E-state index >= 15 is 0 Å². The van der Waals surface area contributed by atoms with Gasteiger partial charge < -0.3 is 9.59 Å². The number of carbonyl (C=O) groups excluding carboxylic acids is 2. The molecule has 0 rings (SSSR count). The summed E-state index contributed by atoms with van der Waals surface area (Å²) >= 11 is 0. The summed E-state index contributed by atoms with van der Waals surface area (Å²) in [5, 5.41) is 0. The molecule has 0 saturated carbocycles. The summed E-state index contributed by atoms with van der Waals surface area (Å²) in [6, 6.07) is 0.